The number of carbonyl (C=O) groups is 3. The fourth-order valence-corrected chi connectivity index (χ4v) is 5.47. The maximum Gasteiger partial charge on any atom is 0.335 e. The van der Waals surface area contributed by atoms with Crippen LogP contribution in [0.15, 0.2) is 66.7 Å². The van der Waals surface area contributed by atoms with Crippen LogP contribution in [-0.4, -0.2) is 60.1 Å². The normalized spacial score (nSPS) is 16.9. The first kappa shape index (κ1) is 28.8. The number of hydrogen-bond donors (Lipinski definition) is 2. The lowest BCUT2D eigenvalue weighted by Crippen LogP contribution is -2.34. The number of carboxylic acid groups (broad SMARTS) is 2. The Labute approximate surface area is 234 Å². The highest BCUT2D eigenvalue weighted by molar-refractivity contribution is 6.03. The van der Waals surface area contributed by atoms with Gasteiger partial charge in [0.1, 0.15) is 0 Å². The van der Waals surface area contributed by atoms with Crippen molar-refractivity contribution in [3.8, 4) is 11.5 Å². The molecule has 210 valence electrons. The summed E-state index contributed by atoms with van der Waals surface area (Å²) in [4.78, 5) is 36.1. The minimum atomic E-state index is -1.06. The number of aromatic carboxylic acids is 2. The number of benzene rings is 3. The van der Waals surface area contributed by atoms with Crippen LogP contribution in [-0.2, 0) is 13.0 Å². The van der Waals surface area contributed by atoms with Crippen molar-refractivity contribution in [2.45, 2.75) is 32.2 Å². The smallest absolute Gasteiger partial charge is 0.335 e. The van der Waals surface area contributed by atoms with Gasteiger partial charge in [0.15, 0.2) is 17.3 Å². The fraction of sp³-hybridized carbons (Fsp3) is 0.344. The van der Waals surface area contributed by atoms with E-state index in [2.05, 4.69) is 35.2 Å². The Balaban J connectivity index is 0.000000259. The number of ether oxygens (including phenoxy) is 2. The number of piperidine rings is 1. The highest BCUT2D eigenvalue weighted by Gasteiger charge is 2.34. The number of nitrogens with zero attached hydrogens (tertiary/aromatic N) is 1. The van der Waals surface area contributed by atoms with E-state index in [9.17, 15) is 14.4 Å². The number of likely N-dealkylation sites (tertiary alicyclic amines) is 1. The van der Waals surface area contributed by atoms with Gasteiger partial charge in [-0.05, 0) is 92.2 Å². The van der Waals surface area contributed by atoms with Gasteiger partial charge in [0, 0.05) is 18.0 Å². The molecule has 2 N–H and O–H groups in total. The standard InChI is InChI=1S/C24H29NO3.C8H6O4/c1-27-22-14-19-13-20(24(26)21(19)15-23(22)28-2)12-17-8-10-25(11-9-17)16-18-6-4-3-5-7-18;9-7(10)5-1-2-6(4-3-5)8(11)12/h3-7,14-15,17,20H,8-13,16H2,1-2H3;1-4H,(H,9,10)(H,11,12). The van der Waals surface area contributed by atoms with Crippen molar-refractivity contribution in [2.24, 2.45) is 11.8 Å². The molecule has 0 bridgehead atoms. The molecule has 5 rings (SSSR count). The zero-order valence-corrected chi connectivity index (χ0v) is 22.8. The molecule has 0 spiro atoms. The maximum atomic E-state index is 12.9. The van der Waals surface area contributed by atoms with Gasteiger partial charge in [0.25, 0.3) is 0 Å². The van der Waals surface area contributed by atoms with Crippen LogP contribution in [0.3, 0.4) is 0 Å². The van der Waals surface area contributed by atoms with Gasteiger partial charge in [-0.25, -0.2) is 9.59 Å². The summed E-state index contributed by atoms with van der Waals surface area (Å²) in [5.74, 6) is 0.256. The second kappa shape index (κ2) is 13.3. The van der Waals surface area contributed by atoms with Crippen molar-refractivity contribution >= 4 is 17.7 Å². The Morgan fingerprint density at radius 1 is 0.850 bits per heavy atom. The van der Waals surface area contributed by atoms with Crippen molar-refractivity contribution in [2.75, 3.05) is 27.3 Å². The summed E-state index contributed by atoms with van der Waals surface area (Å²) >= 11 is 0. The molecule has 1 saturated heterocycles. The Morgan fingerprint density at radius 3 is 1.93 bits per heavy atom. The number of carbonyl (C=O) groups excluding carboxylic acids is 1. The Kier molecular flexibility index (Phi) is 9.56. The largest absolute Gasteiger partial charge is 0.493 e. The van der Waals surface area contributed by atoms with Gasteiger partial charge in [-0.1, -0.05) is 30.3 Å². The molecule has 40 heavy (non-hydrogen) atoms. The van der Waals surface area contributed by atoms with Gasteiger partial charge < -0.3 is 19.7 Å². The molecule has 1 atom stereocenters. The van der Waals surface area contributed by atoms with Gasteiger partial charge >= 0.3 is 11.9 Å². The molecular weight excluding hydrogens is 510 g/mol. The molecule has 0 aromatic heterocycles. The molecule has 1 aliphatic heterocycles. The van der Waals surface area contributed by atoms with Crippen LogP contribution in [0, 0.1) is 11.8 Å². The highest BCUT2D eigenvalue weighted by atomic mass is 16.5. The fourth-order valence-electron chi connectivity index (χ4n) is 5.47. The van der Waals surface area contributed by atoms with E-state index >= 15 is 0 Å². The average molecular weight is 546 g/mol. The summed E-state index contributed by atoms with van der Waals surface area (Å²) in [6.45, 7) is 3.27. The van der Waals surface area contributed by atoms with Crippen LogP contribution < -0.4 is 9.47 Å². The Morgan fingerprint density at radius 2 is 1.40 bits per heavy atom. The monoisotopic (exact) mass is 545 g/mol. The zero-order chi connectivity index (χ0) is 28.6. The summed E-state index contributed by atoms with van der Waals surface area (Å²) in [5, 5.41) is 16.9. The van der Waals surface area contributed by atoms with E-state index in [1.807, 2.05) is 12.1 Å². The van der Waals surface area contributed by atoms with E-state index < -0.39 is 11.9 Å². The number of ketones is 1. The second-order valence-corrected chi connectivity index (χ2v) is 10.3. The third-order valence-electron chi connectivity index (χ3n) is 7.66. The van der Waals surface area contributed by atoms with E-state index in [4.69, 9.17) is 19.7 Å². The summed E-state index contributed by atoms with van der Waals surface area (Å²) in [7, 11) is 3.26. The molecule has 0 saturated carbocycles. The van der Waals surface area contributed by atoms with E-state index in [1.165, 1.54) is 42.7 Å². The first-order valence-electron chi connectivity index (χ1n) is 13.4. The minimum Gasteiger partial charge on any atom is -0.493 e. The van der Waals surface area contributed by atoms with Gasteiger partial charge in [0.2, 0.25) is 0 Å². The van der Waals surface area contributed by atoms with Crippen molar-refractivity contribution in [1.29, 1.82) is 0 Å². The van der Waals surface area contributed by atoms with E-state index in [0.29, 0.717) is 17.4 Å². The third-order valence-corrected chi connectivity index (χ3v) is 7.66. The van der Waals surface area contributed by atoms with Gasteiger partial charge in [0.05, 0.1) is 25.3 Å². The van der Waals surface area contributed by atoms with Gasteiger partial charge in [-0.3, -0.25) is 9.69 Å². The molecule has 8 heteroatoms. The van der Waals surface area contributed by atoms with Crippen LogP contribution in [0.1, 0.15) is 61.5 Å². The number of carboxylic acids is 2. The molecule has 1 aliphatic carbocycles. The number of hydrogen-bond acceptors (Lipinski definition) is 6. The SMILES string of the molecule is COc1cc2c(cc1OC)C(=O)C(CC1CCN(Cc3ccccc3)CC1)C2.O=C(O)c1ccc(C(=O)O)cc1. The first-order chi connectivity index (χ1) is 19.3. The van der Waals surface area contributed by atoms with Gasteiger partial charge in [-0.2, -0.15) is 0 Å². The van der Waals surface area contributed by atoms with E-state index in [-0.39, 0.29) is 22.8 Å². The number of Topliss-reactive ketones (excluding diaryl/α,β-unsaturated/α-hetero) is 1. The van der Waals surface area contributed by atoms with Crippen LogP contribution in [0.5, 0.6) is 11.5 Å². The molecule has 1 unspecified atom stereocenters. The third kappa shape index (κ3) is 7.07. The predicted molar refractivity (Wildman–Crippen MR) is 150 cm³/mol. The zero-order valence-electron chi connectivity index (χ0n) is 22.8. The molecule has 0 radical (unpaired) electrons. The summed E-state index contributed by atoms with van der Waals surface area (Å²) in [6, 6.07) is 19.5. The molecule has 3 aromatic rings. The molecule has 1 fully saturated rings. The van der Waals surface area contributed by atoms with Crippen molar-refractivity contribution < 1.29 is 34.1 Å². The predicted octanol–water partition coefficient (Wildman–Crippen LogP) is 5.44. The highest BCUT2D eigenvalue weighted by Crippen LogP contribution is 2.39. The number of fused-ring (bicyclic) bond motifs is 1. The molecule has 1 heterocycles. The topological polar surface area (TPSA) is 113 Å². The van der Waals surface area contributed by atoms with Crippen LogP contribution in [0.25, 0.3) is 0 Å². The van der Waals surface area contributed by atoms with Crippen LogP contribution >= 0.6 is 0 Å². The lowest BCUT2D eigenvalue weighted by Gasteiger charge is -2.32. The Hall–Kier alpha value is -4.17. The number of rotatable bonds is 8. The number of methoxy groups -OCH3 is 2. The summed E-state index contributed by atoms with van der Waals surface area (Å²) < 4.78 is 10.8. The molecular formula is C32H35NO7. The van der Waals surface area contributed by atoms with Crippen LogP contribution in [0.2, 0.25) is 0 Å². The summed E-state index contributed by atoms with van der Waals surface area (Å²) in [5.41, 5.74) is 3.48. The van der Waals surface area contributed by atoms with E-state index in [0.717, 1.165) is 43.6 Å². The van der Waals surface area contributed by atoms with Gasteiger partial charge in [-0.15, -0.1) is 0 Å². The molecule has 2 aliphatic rings. The van der Waals surface area contributed by atoms with Crippen LogP contribution in [0.4, 0.5) is 0 Å². The van der Waals surface area contributed by atoms with Crippen molar-refractivity contribution in [1.82, 2.24) is 4.90 Å². The molecule has 8 nitrogen and oxygen atoms in total. The van der Waals surface area contributed by atoms with Crippen molar-refractivity contribution in [3.63, 3.8) is 0 Å². The Bertz CT molecular complexity index is 1300. The maximum absolute atomic E-state index is 12.9. The lowest BCUT2D eigenvalue weighted by atomic mass is 9.85. The quantitative estimate of drug-likeness (QED) is 0.385. The minimum absolute atomic E-state index is 0.0833. The molecule has 0 amide bonds. The second-order valence-electron chi connectivity index (χ2n) is 10.3. The van der Waals surface area contributed by atoms with Crippen molar-refractivity contribution in [3.05, 3.63) is 94.5 Å². The molecule has 3 aromatic carbocycles. The average Bonchev–Trinajstić information content (AvgIpc) is 3.27. The van der Waals surface area contributed by atoms with E-state index in [1.54, 1.807) is 14.2 Å². The summed E-state index contributed by atoms with van der Waals surface area (Å²) in [6.07, 6.45) is 4.19. The lowest BCUT2D eigenvalue weighted by molar-refractivity contribution is 0.0681. The first-order valence-corrected chi connectivity index (χ1v) is 13.4.